The summed E-state index contributed by atoms with van der Waals surface area (Å²) in [6.07, 6.45) is 1.91. The molecule has 1 aromatic rings. The number of carbonyl (C=O) groups is 1. The number of nitrogens with one attached hydrogen (secondary N) is 1. The number of ether oxygens (including phenoxy) is 1. The molecule has 0 spiro atoms. The average molecular weight is 417 g/mol. The zero-order chi connectivity index (χ0) is 19.7. The van der Waals surface area contributed by atoms with Crippen LogP contribution in [0.15, 0.2) is 23.1 Å². The van der Waals surface area contributed by atoms with Gasteiger partial charge in [-0.05, 0) is 44.4 Å². The SMILES string of the molecule is CCOc1ccc(NC(=O)[C@@H]2CCS(=O)(=O)C2)cc1S(=O)(=O)N1CCCC1. The lowest BCUT2D eigenvalue weighted by Crippen LogP contribution is -2.28. The van der Waals surface area contributed by atoms with Gasteiger partial charge in [-0.15, -0.1) is 0 Å². The number of hydrogen-bond acceptors (Lipinski definition) is 6. The normalized spacial score (nSPS) is 22.6. The van der Waals surface area contributed by atoms with E-state index >= 15 is 0 Å². The first-order valence-electron chi connectivity index (χ1n) is 9.01. The molecule has 0 radical (unpaired) electrons. The molecule has 2 aliphatic rings. The Morgan fingerprint density at radius 2 is 2.00 bits per heavy atom. The lowest BCUT2D eigenvalue weighted by molar-refractivity contribution is -0.119. The summed E-state index contributed by atoms with van der Waals surface area (Å²) < 4.78 is 55.9. The minimum absolute atomic E-state index is 0.00293. The maximum Gasteiger partial charge on any atom is 0.246 e. The number of rotatable bonds is 6. The third-order valence-electron chi connectivity index (χ3n) is 4.80. The lowest BCUT2D eigenvalue weighted by atomic mass is 10.1. The molecule has 1 amide bonds. The minimum Gasteiger partial charge on any atom is -0.492 e. The predicted molar refractivity (Wildman–Crippen MR) is 101 cm³/mol. The summed E-state index contributed by atoms with van der Waals surface area (Å²) in [5.41, 5.74) is 0.311. The van der Waals surface area contributed by atoms with Gasteiger partial charge in [0.25, 0.3) is 0 Å². The number of benzene rings is 1. The van der Waals surface area contributed by atoms with Crippen molar-refractivity contribution in [1.82, 2.24) is 4.31 Å². The van der Waals surface area contributed by atoms with Gasteiger partial charge in [-0.1, -0.05) is 0 Å². The minimum atomic E-state index is -3.73. The average Bonchev–Trinajstić information content (AvgIpc) is 3.26. The van der Waals surface area contributed by atoms with Crippen molar-refractivity contribution in [2.24, 2.45) is 5.92 Å². The van der Waals surface area contributed by atoms with Crippen molar-refractivity contribution in [3.8, 4) is 5.75 Å². The van der Waals surface area contributed by atoms with E-state index in [4.69, 9.17) is 4.74 Å². The Hall–Kier alpha value is -1.65. The molecular weight excluding hydrogens is 392 g/mol. The molecule has 10 heteroatoms. The molecule has 0 saturated carbocycles. The fourth-order valence-corrected chi connectivity index (χ4v) is 6.79. The van der Waals surface area contributed by atoms with Crippen molar-refractivity contribution in [2.75, 3.05) is 36.5 Å². The van der Waals surface area contributed by atoms with Gasteiger partial charge in [0, 0.05) is 18.8 Å². The molecule has 27 heavy (non-hydrogen) atoms. The zero-order valence-electron chi connectivity index (χ0n) is 15.2. The quantitative estimate of drug-likeness (QED) is 0.747. The van der Waals surface area contributed by atoms with Crippen molar-refractivity contribution in [3.63, 3.8) is 0 Å². The zero-order valence-corrected chi connectivity index (χ0v) is 16.8. The molecule has 8 nitrogen and oxygen atoms in total. The number of sulfone groups is 1. The largest absolute Gasteiger partial charge is 0.492 e. The Morgan fingerprint density at radius 3 is 2.59 bits per heavy atom. The molecule has 2 saturated heterocycles. The van der Waals surface area contributed by atoms with Gasteiger partial charge >= 0.3 is 0 Å². The van der Waals surface area contributed by atoms with Gasteiger partial charge in [-0.25, -0.2) is 16.8 Å². The molecule has 0 aromatic heterocycles. The van der Waals surface area contributed by atoms with Crippen LogP contribution in [0.2, 0.25) is 0 Å². The van der Waals surface area contributed by atoms with Gasteiger partial charge < -0.3 is 10.1 Å². The number of nitrogens with zero attached hydrogens (tertiary/aromatic N) is 1. The highest BCUT2D eigenvalue weighted by molar-refractivity contribution is 7.91. The van der Waals surface area contributed by atoms with E-state index in [9.17, 15) is 21.6 Å². The lowest BCUT2D eigenvalue weighted by Gasteiger charge is -2.19. The Morgan fingerprint density at radius 1 is 1.30 bits per heavy atom. The van der Waals surface area contributed by atoms with E-state index in [0.29, 0.717) is 25.4 Å². The monoisotopic (exact) mass is 416 g/mol. The summed E-state index contributed by atoms with van der Waals surface area (Å²) >= 11 is 0. The van der Waals surface area contributed by atoms with E-state index in [0.717, 1.165) is 12.8 Å². The Bertz CT molecular complexity index is 921. The maximum absolute atomic E-state index is 13.0. The third-order valence-corrected chi connectivity index (χ3v) is 8.48. The molecule has 0 bridgehead atoms. The first kappa shape index (κ1) is 20.1. The molecule has 150 valence electrons. The second kappa shape index (κ2) is 7.76. The van der Waals surface area contributed by atoms with E-state index in [1.165, 1.54) is 16.4 Å². The van der Waals surface area contributed by atoms with Gasteiger partial charge in [0.15, 0.2) is 9.84 Å². The molecule has 1 atom stereocenters. The summed E-state index contributed by atoms with van der Waals surface area (Å²) in [6.45, 7) is 3.01. The number of hydrogen-bond donors (Lipinski definition) is 1. The maximum atomic E-state index is 13.0. The molecule has 1 N–H and O–H groups in total. The van der Waals surface area contributed by atoms with Crippen LogP contribution in [0, 0.1) is 5.92 Å². The van der Waals surface area contributed by atoms with Gasteiger partial charge in [-0.2, -0.15) is 4.31 Å². The molecular formula is C17H24N2O6S2. The molecule has 2 heterocycles. The fourth-order valence-electron chi connectivity index (χ4n) is 3.38. The molecule has 2 fully saturated rings. The van der Waals surface area contributed by atoms with Crippen molar-refractivity contribution >= 4 is 31.5 Å². The first-order chi connectivity index (χ1) is 12.7. The highest BCUT2D eigenvalue weighted by Crippen LogP contribution is 2.32. The smallest absolute Gasteiger partial charge is 0.246 e. The van der Waals surface area contributed by atoms with Crippen LogP contribution in [0.3, 0.4) is 0 Å². The van der Waals surface area contributed by atoms with Crippen molar-refractivity contribution in [1.29, 1.82) is 0 Å². The van der Waals surface area contributed by atoms with Gasteiger partial charge in [0.2, 0.25) is 15.9 Å². The van der Waals surface area contributed by atoms with Crippen LogP contribution in [0.25, 0.3) is 0 Å². The number of amides is 1. The second-order valence-electron chi connectivity index (χ2n) is 6.79. The molecule has 0 unspecified atom stereocenters. The summed E-state index contributed by atoms with van der Waals surface area (Å²) in [4.78, 5) is 12.4. The van der Waals surface area contributed by atoms with E-state index in [1.54, 1.807) is 13.0 Å². The van der Waals surface area contributed by atoms with Crippen LogP contribution in [-0.4, -0.2) is 58.3 Å². The van der Waals surface area contributed by atoms with Crippen LogP contribution < -0.4 is 10.1 Å². The summed E-state index contributed by atoms with van der Waals surface area (Å²) in [5.74, 6) is -0.951. The molecule has 1 aromatic carbocycles. The van der Waals surface area contributed by atoms with Gasteiger partial charge in [0.1, 0.15) is 10.6 Å². The first-order valence-corrected chi connectivity index (χ1v) is 12.3. The Balaban J connectivity index is 1.86. The van der Waals surface area contributed by atoms with Gasteiger partial charge in [0.05, 0.1) is 24.0 Å². The van der Waals surface area contributed by atoms with Crippen LogP contribution in [0.5, 0.6) is 5.75 Å². The van der Waals surface area contributed by atoms with Crippen LogP contribution in [0.1, 0.15) is 26.2 Å². The van der Waals surface area contributed by atoms with E-state index in [2.05, 4.69) is 5.32 Å². The Labute approximate surface area is 159 Å². The van der Waals surface area contributed by atoms with E-state index in [-0.39, 0.29) is 28.6 Å². The summed E-state index contributed by atoms with van der Waals surface area (Å²) in [6, 6.07) is 4.48. The van der Waals surface area contributed by atoms with E-state index in [1.807, 2.05) is 0 Å². The summed E-state index contributed by atoms with van der Waals surface area (Å²) in [5, 5.41) is 2.65. The van der Waals surface area contributed by atoms with Crippen molar-refractivity contribution < 1.29 is 26.4 Å². The van der Waals surface area contributed by atoms with Gasteiger partial charge in [-0.3, -0.25) is 4.79 Å². The van der Waals surface area contributed by atoms with Crippen LogP contribution in [-0.2, 0) is 24.7 Å². The van der Waals surface area contributed by atoms with Crippen LogP contribution in [0.4, 0.5) is 5.69 Å². The van der Waals surface area contributed by atoms with Crippen molar-refractivity contribution in [3.05, 3.63) is 18.2 Å². The standard InChI is InChI=1S/C17H24N2O6S2/c1-2-25-15-6-5-14(18-17(20)13-7-10-26(21,22)12-13)11-16(15)27(23,24)19-8-3-4-9-19/h5-6,11,13H,2-4,7-10,12H2,1H3,(H,18,20)/t13-/m1/s1. The predicted octanol–water partition coefficient (Wildman–Crippen LogP) is 1.24. The van der Waals surface area contributed by atoms with Crippen LogP contribution >= 0.6 is 0 Å². The highest BCUT2D eigenvalue weighted by atomic mass is 32.2. The molecule has 0 aliphatic carbocycles. The summed E-state index contributed by atoms with van der Waals surface area (Å²) in [7, 11) is -6.90. The number of carbonyl (C=O) groups excluding carboxylic acids is 1. The second-order valence-corrected chi connectivity index (χ2v) is 10.9. The van der Waals surface area contributed by atoms with E-state index < -0.39 is 31.7 Å². The number of sulfonamides is 1. The fraction of sp³-hybridized carbons (Fsp3) is 0.588. The molecule has 2 aliphatic heterocycles. The topological polar surface area (TPSA) is 110 Å². The Kier molecular flexibility index (Phi) is 5.78. The molecule has 3 rings (SSSR count). The van der Waals surface area contributed by atoms with Crippen molar-refractivity contribution in [2.45, 2.75) is 31.1 Å². The number of anilines is 1. The third kappa shape index (κ3) is 4.44. The highest BCUT2D eigenvalue weighted by Gasteiger charge is 2.34.